The van der Waals surface area contributed by atoms with E-state index in [1.54, 1.807) is 0 Å². The first-order valence-electron chi connectivity index (χ1n) is 9.18. The molecule has 25 heavy (non-hydrogen) atoms. The summed E-state index contributed by atoms with van der Waals surface area (Å²) in [5, 5.41) is 5.21. The minimum absolute atomic E-state index is 0.128. The number of hydrogen-bond acceptors (Lipinski definition) is 3. The van der Waals surface area contributed by atoms with E-state index < -0.39 is 17.7 Å². The van der Waals surface area contributed by atoms with Crippen molar-refractivity contribution in [2.24, 2.45) is 5.92 Å². The highest BCUT2D eigenvalue weighted by Crippen LogP contribution is 2.17. The lowest BCUT2D eigenvalue weighted by Crippen LogP contribution is -2.49. The van der Waals surface area contributed by atoms with Gasteiger partial charge in [-0.15, -0.1) is 18.9 Å². The van der Waals surface area contributed by atoms with Crippen molar-refractivity contribution < 1.29 is 14.4 Å². The molecular weight excluding hydrogens is 316 g/mol. The van der Waals surface area contributed by atoms with Crippen LogP contribution >= 0.6 is 0 Å². The van der Waals surface area contributed by atoms with Crippen molar-refractivity contribution in [1.82, 2.24) is 10.6 Å². The summed E-state index contributed by atoms with van der Waals surface area (Å²) in [6.45, 7) is 7.86. The van der Waals surface area contributed by atoms with E-state index in [0.717, 1.165) is 38.5 Å². The van der Waals surface area contributed by atoms with Crippen LogP contribution in [0.1, 0.15) is 65.2 Å². The Bertz CT molecular complexity index is 472. The Hall–Kier alpha value is -2.09. The molecule has 2 N–H and O–H groups in total. The molecule has 0 spiro atoms. The van der Waals surface area contributed by atoms with E-state index in [9.17, 15) is 14.4 Å². The number of rotatable bonds is 14. The summed E-state index contributed by atoms with van der Waals surface area (Å²) in [6, 6.07) is -0.876. The molecular formula is C20H32N2O3. The van der Waals surface area contributed by atoms with Gasteiger partial charge in [0.05, 0.1) is 6.04 Å². The highest BCUT2D eigenvalue weighted by Gasteiger charge is 2.28. The van der Waals surface area contributed by atoms with Crippen molar-refractivity contribution in [3.8, 4) is 12.3 Å². The third-order valence-electron chi connectivity index (χ3n) is 4.02. The smallest absolute Gasteiger partial charge is 0.289 e. The lowest BCUT2D eigenvalue weighted by molar-refractivity contribution is -0.140. The summed E-state index contributed by atoms with van der Waals surface area (Å²) in [6.07, 6.45) is 12.9. The highest BCUT2D eigenvalue weighted by atomic mass is 16.2. The molecule has 0 saturated carbocycles. The largest absolute Gasteiger partial charge is 0.346 e. The second-order valence-electron chi connectivity index (χ2n) is 6.15. The number of ketones is 1. The van der Waals surface area contributed by atoms with Crippen molar-refractivity contribution >= 4 is 17.6 Å². The van der Waals surface area contributed by atoms with E-state index in [1.807, 2.05) is 0 Å². The fourth-order valence-electron chi connectivity index (χ4n) is 2.50. The number of unbranched alkanes of at least 4 members (excludes halogenated alkanes) is 2. The average molecular weight is 348 g/mol. The van der Waals surface area contributed by atoms with Crippen molar-refractivity contribution in [2.75, 3.05) is 6.54 Å². The molecule has 0 aliphatic heterocycles. The molecule has 0 bridgehead atoms. The zero-order valence-electron chi connectivity index (χ0n) is 15.6. The van der Waals surface area contributed by atoms with Gasteiger partial charge in [-0.05, 0) is 19.3 Å². The van der Waals surface area contributed by atoms with Crippen LogP contribution in [-0.2, 0) is 14.4 Å². The van der Waals surface area contributed by atoms with Gasteiger partial charge in [-0.3, -0.25) is 14.4 Å². The van der Waals surface area contributed by atoms with Gasteiger partial charge < -0.3 is 10.6 Å². The summed E-state index contributed by atoms with van der Waals surface area (Å²) in [5.41, 5.74) is 0. The Morgan fingerprint density at radius 1 is 1.12 bits per heavy atom. The fraction of sp³-hybridized carbons (Fsp3) is 0.650. The van der Waals surface area contributed by atoms with Gasteiger partial charge in [-0.25, -0.2) is 0 Å². The SMILES string of the molecule is C#CCCC(NC(=O)C(CCCC)CCCC)C(=O)C(=O)NCC=C. The molecule has 0 aliphatic carbocycles. The normalized spacial score (nSPS) is 11.4. The van der Waals surface area contributed by atoms with E-state index >= 15 is 0 Å². The Balaban J connectivity index is 4.96. The monoisotopic (exact) mass is 348 g/mol. The van der Waals surface area contributed by atoms with E-state index in [2.05, 4.69) is 37.0 Å². The van der Waals surface area contributed by atoms with E-state index in [-0.39, 0.29) is 24.8 Å². The molecule has 0 radical (unpaired) electrons. The van der Waals surface area contributed by atoms with Crippen LogP contribution in [0.5, 0.6) is 0 Å². The highest BCUT2D eigenvalue weighted by molar-refractivity contribution is 6.38. The zero-order valence-corrected chi connectivity index (χ0v) is 15.6. The Labute approximate surface area is 152 Å². The molecule has 0 fully saturated rings. The minimum Gasteiger partial charge on any atom is -0.346 e. The van der Waals surface area contributed by atoms with Gasteiger partial charge in [0.15, 0.2) is 0 Å². The molecule has 0 saturated heterocycles. The van der Waals surface area contributed by atoms with Crippen molar-refractivity contribution in [3.05, 3.63) is 12.7 Å². The van der Waals surface area contributed by atoms with Crippen LogP contribution in [0.15, 0.2) is 12.7 Å². The van der Waals surface area contributed by atoms with Crippen LogP contribution in [0.3, 0.4) is 0 Å². The molecule has 140 valence electrons. The van der Waals surface area contributed by atoms with Gasteiger partial charge in [0, 0.05) is 18.9 Å². The second-order valence-corrected chi connectivity index (χ2v) is 6.15. The fourth-order valence-corrected chi connectivity index (χ4v) is 2.50. The Kier molecular flexibility index (Phi) is 13.1. The number of Topliss-reactive ketones (excluding diaryl/α,β-unsaturated/α-hetero) is 1. The van der Waals surface area contributed by atoms with Gasteiger partial charge in [0.1, 0.15) is 0 Å². The zero-order chi connectivity index (χ0) is 19.1. The quantitative estimate of drug-likeness (QED) is 0.288. The third-order valence-corrected chi connectivity index (χ3v) is 4.02. The molecule has 0 aliphatic rings. The summed E-state index contributed by atoms with van der Waals surface area (Å²) in [7, 11) is 0. The van der Waals surface area contributed by atoms with E-state index in [4.69, 9.17) is 6.42 Å². The van der Waals surface area contributed by atoms with Gasteiger partial charge in [0.25, 0.3) is 5.91 Å². The maximum absolute atomic E-state index is 12.6. The number of amides is 2. The second kappa shape index (κ2) is 14.3. The molecule has 1 atom stereocenters. The molecule has 2 amide bonds. The lowest BCUT2D eigenvalue weighted by Gasteiger charge is -2.21. The summed E-state index contributed by atoms with van der Waals surface area (Å²) in [5.74, 6) is 0.790. The summed E-state index contributed by atoms with van der Waals surface area (Å²) >= 11 is 0. The molecule has 0 rings (SSSR count). The molecule has 5 nitrogen and oxygen atoms in total. The maximum Gasteiger partial charge on any atom is 0.289 e. The minimum atomic E-state index is -0.876. The maximum atomic E-state index is 12.6. The van der Waals surface area contributed by atoms with E-state index in [0.29, 0.717) is 6.42 Å². The average Bonchev–Trinajstić information content (AvgIpc) is 2.62. The molecule has 5 heteroatoms. The molecule has 0 aromatic heterocycles. The summed E-state index contributed by atoms with van der Waals surface area (Å²) < 4.78 is 0. The Morgan fingerprint density at radius 2 is 1.72 bits per heavy atom. The Morgan fingerprint density at radius 3 is 2.20 bits per heavy atom. The van der Waals surface area contributed by atoms with Crippen LogP contribution < -0.4 is 10.6 Å². The van der Waals surface area contributed by atoms with Crippen LogP contribution in [0.25, 0.3) is 0 Å². The number of carbonyl (C=O) groups is 3. The number of hydrogen-bond donors (Lipinski definition) is 2. The third kappa shape index (κ3) is 9.71. The molecule has 0 aromatic carbocycles. The number of nitrogens with one attached hydrogen (secondary N) is 2. The summed E-state index contributed by atoms with van der Waals surface area (Å²) in [4.78, 5) is 36.8. The molecule has 0 heterocycles. The predicted molar refractivity (Wildman–Crippen MR) is 101 cm³/mol. The van der Waals surface area contributed by atoms with Gasteiger partial charge in [-0.2, -0.15) is 0 Å². The first-order chi connectivity index (χ1) is 12.0. The number of carbonyl (C=O) groups excluding carboxylic acids is 3. The van der Waals surface area contributed by atoms with Gasteiger partial charge >= 0.3 is 0 Å². The predicted octanol–water partition coefficient (Wildman–Crippen LogP) is 2.75. The number of terminal acetylenes is 1. The van der Waals surface area contributed by atoms with Crippen molar-refractivity contribution in [2.45, 2.75) is 71.3 Å². The molecule has 0 aromatic rings. The van der Waals surface area contributed by atoms with Gasteiger partial charge in [0.2, 0.25) is 11.7 Å². The lowest BCUT2D eigenvalue weighted by atomic mass is 9.94. The van der Waals surface area contributed by atoms with E-state index in [1.165, 1.54) is 6.08 Å². The standard InChI is InChI=1S/C20H32N2O3/c1-5-9-12-16(13-10-6-2)19(24)22-17(14-11-7-3)18(23)20(25)21-15-8-4/h3,8,16-17H,4-6,9-15H2,1-2H3,(H,21,25)(H,22,24). The topological polar surface area (TPSA) is 75.3 Å². The van der Waals surface area contributed by atoms with Crippen molar-refractivity contribution in [3.63, 3.8) is 0 Å². The van der Waals surface area contributed by atoms with Crippen LogP contribution in [0, 0.1) is 18.3 Å². The van der Waals surface area contributed by atoms with Crippen LogP contribution in [0.4, 0.5) is 0 Å². The van der Waals surface area contributed by atoms with Crippen LogP contribution in [0.2, 0.25) is 0 Å². The van der Waals surface area contributed by atoms with Gasteiger partial charge in [-0.1, -0.05) is 45.6 Å². The van der Waals surface area contributed by atoms with Crippen LogP contribution in [-0.4, -0.2) is 30.2 Å². The first kappa shape index (κ1) is 22.9. The molecule has 1 unspecified atom stereocenters. The first-order valence-corrected chi connectivity index (χ1v) is 9.18. The van der Waals surface area contributed by atoms with Crippen molar-refractivity contribution in [1.29, 1.82) is 0 Å².